The van der Waals surface area contributed by atoms with Gasteiger partial charge in [0.15, 0.2) is 0 Å². The number of benzene rings is 1. The Morgan fingerprint density at radius 1 is 1.18 bits per heavy atom. The SMILES string of the molecule is Cc1cc(C(C)(N)C(C)C)ccc1OC(C)C. The van der Waals surface area contributed by atoms with Crippen molar-refractivity contribution in [3.05, 3.63) is 29.3 Å². The number of hydrogen-bond donors (Lipinski definition) is 1. The van der Waals surface area contributed by atoms with Crippen LogP contribution in [0.3, 0.4) is 0 Å². The average molecular weight is 235 g/mol. The molecular formula is C15H25NO. The van der Waals surface area contributed by atoms with Crippen LogP contribution in [0, 0.1) is 12.8 Å². The molecule has 2 heteroatoms. The zero-order chi connectivity index (χ0) is 13.2. The van der Waals surface area contributed by atoms with Gasteiger partial charge in [0.1, 0.15) is 5.75 Å². The van der Waals surface area contributed by atoms with Gasteiger partial charge in [0.2, 0.25) is 0 Å². The summed E-state index contributed by atoms with van der Waals surface area (Å²) in [7, 11) is 0. The third kappa shape index (κ3) is 3.22. The van der Waals surface area contributed by atoms with Crippen LogP contribution in [0.25, 0.3) is 0 Å². The topological polar surface area (TPSA) is 35.2 Å². The Morgan fingerprint density at radius 2 is 1.76 bits per heavy atom. The summed E-state index contributed by atoms with van der Waals surface area (Å²) in [6.07, 6.45) is 0.203. The molecule has 96 valence electrons. The summed E-state index contributed by atoms with van der Waals surface area (Å²) in [6, 6.07) is 6.24. The maximum Gasteiger partial charge on any atom is 0.122 e. The Kier molecular flexibility index (Phi) is 4.21. The average Bonchev–Trinajstić information content (AvgIpc) is 2.20. The molecule has 0 aliphatic rings. The minimum atomic E-state index is -0.291. The molecule has 1 atom stereocenters. The number of ether oxygens (including phenoxy) is 1. The van der Waals surface area contributed by atoms with Gasteiger partial charge in [-0.2, -0.15) is 0 Å². The monoisotopic (exact) mass is 235 g/mol. The van der Waals surface area contributed by atoms with Crippen LogP contribution in [0.2, 0.25) is 0 Å². The molecule has 0 bridgehead atoms. The molecule has 0 aliphatic heterocycles. The van der Waals surface area contributed by atoms with Gasteiger partial charge in [-0.05, 0) is 50.8 Å². The van der Waals surface area contributed by atoms with Crippen LogP contribution in [0.1, 0.15) is 45.7 Å². The molecule has 1 rings (SSSR count). The van der Waals surface area contributed by atoms with Crippen molar-refractivity contribution in [2.75, 3.05) is 0 Å². The van der Waals surface area contributed by atoms with E-state index in [4.69, 9.17) is 10.5 Å². The lowest BCUT2D eigenvalue weighted by atomic mass is 9.82. The molecule has 0 heterocycles. The van der Waals surface area contributed by atoms with Crippen molar-refractivity contribution in [1.82, 2.24) is 0 Å². The quantitative estimate of drug-likeness (QED) is 0.865. The van der Waals surface area contributed by atoms with Gasteiger partial charge in [-0.15, -0.1) is 0 Å². The lowest BCUT2D eigenvalue weighted by Gasteiger charge is -2.30. The van der Waals surface area contributed by atoms with Crippen molar-refractivity contribution in [1.29, 1.82) is 0 Å². The maximum atomic E-state index is 6.36. The first-order valence-corrected chi connectivity index (χ1v) is 6.31. The van der Waals surface area contributed by atoms with Gasteiger partial charge in [-0.25, -0.2) is 0 Å². The smallest absolute Gasteiger partial charge is 0.122 e. The summed E-state index contributed by atoms with van der Waals surface area (Å²) in [4.78, 5) is 0. The van der Waals surface area contributed by atoms with Crippen molar-refractivity contribution < 1.29 is 4.74 Å². The Bertz CT molecular complexity index is 381. The van der Waals surface area contributed by atoms with E-state index in [0.717, 1.165) is 11.3 Å². The van der Waals surface area contributed by atoms with E-state index in [2.05, 4.69) is 39.8 Å². The molecule has 0 spiro atoms. The first-order chi connectivity index (χ1) is 7.75. The molecule has 0 fully saturated rings. The predicted octanol–water partition coefficient (Wildman–Crippen LogP) is 3.61. The summed E-state index contributed by atoms with van der Waals surface area (Å²) in [5.41, 5.74) is 8.38. The molecule has 2 nitrogen and oxygen atoms in total. The van der Waals surface area contributed by atoms with E-state index >= 15 is 0 Å². The minimum Gasteiger partial charge on any atom is -0.491 e. The third-order valence-electron chi connectivity index (χ3n) is 3.36. The van der Waals surface area contributed by atoms with Crippen molar-refractivity contribution in [3.8, 4) is 5.75 Å². The van der Waals surface area contributed by atoms with Crippen LogP contribution in [-0.4, -0.2) is 6.10 Å². The zero-order valence-electron chi connectivity index (χ0n) is 11.9. The highest BCUT2D eigenvalue weighted by atomic mass is 16.5. The summed E-state index contributed by atoms with van der Waals surface area (Å²) in [6.45, 7) is 12.5. The summed E-state index contributed by atoms with van der Waals surface area (Å²) in [5, 5.41) is 0. The molecule has 1 unspecified atom stereocenters. The minimum absolute atomic E-state index is 0.203. The Morgan fingerprint density at radius 3 is 2.18 bits per heavy atom. The molecule has 1 aromatic rings. The Hall–Kier alpha value is -1.02. The first kappa shape index (κ1) is 14.0. The van der Waals surface area contributed by atoms with E-state index in [1.165, 1.54) is 5.56 Å². The number of rotatable bonds is 4. The van der Waals surface area contributed by atoms with Gasteiger partial charge in [0.05, 0.1) is 6.10 Å². The van der Waals surface area contributed by atoms with Crippen molar-refractivity contribution in [3.63, 3.8) is 0 Å². The second kappa shape index (κ2) is 5.09. The van der Waals surface area contributed by atoms with Gasteiger partial charge >= 0.3 is 0 Å². The summed E-state index contributed by atoms with van der Waals surface area (Å²) < 4.78 is 5.73. The molecule has 17 heavy (non-hydrogen) atoms. The number of aryl methyl sites for hydroxylation is 1. The normalized spacial score (nSPS) is 15.1. The van der Waals surface area contributed by atoms with Crippen molar-refractivity contribution in [2.45, 2.75) is 53.2 Å². The van der Waals surface area contributed by atoms with E-state index in [9.17, 15) is 0 Å². The second-order valence-corrected chi connectivity index (χ2v) is 5.58. The number of nitrogens with two attached hydrogens (primary N) is 1. The van der Waals surface area contributed by atoms with Crippen LogP contribution in [0.5, 0.6) is 5.75 Å². The molecule has 0 saturated carbocycles. The third-order valence-corrected chi connectivity index (χ3v) is 3.36. The maximum absolute atomic E-state index is 6.36. The fourth-order valence-corrected chi connectivity index (χ4v) is 1.70. The summed E-state index contributed by atoms with van der Waals surface area (Å²) in [5.74, 6) is 1.35. The van der Waals surface area contributed by atoms with Gasteiger partial charge in [0, 0.05) is 5.54 Å². The van der Waals surface area contributed by atoms with Crippen LogP contribution in [0.15, 0.2) is 18.2 Å². The highest BCUT2D eigenvalue weighted by molar-refractivity contribution is 5.39. The zero-order valence-corrected chi connectivity index (χ0v) is 11.9. The molecule has 2 N–H and O–H groups in total. The lowest BCUT2D eigenvalue weighted by Crippen LogP contribution is -2.38. The van der Waals surface area contributed by atoms with Crippen molar-refractivity contribution in [2.24, 2.45) is 11.7 Å². The summed E-state index contributed by atoms with van der Waals surface area (Å²) >= 11 is 0. The molecule has 1 aromatic carbocycles. The standard InChI is InChI=1S/C15H25NO/c1-10(2)15(6,16)13-7-8-14(12(5)9-13)17-11(3)4/h7-11H,16H2,1-6H3. The van der Waals surface area contributed by atoms with E-state index in [1.807, 2.05) is 19.9 Å². The lowest BCUT2D eigenvalue weighted by molar-refractivity contribution is 0.240. The predicted molar refractivity (Wildman–Crippen MR) is 73.3 cm³/mol. The molecule has 0 amide bonds. The van der Waals surface area contributed by atoms with E-state index in [1.54, 1.807) is 0 Å². The fraction of sp³-hybridized carbons (Fsp3) is 0.600. The largest absolute Gasteiger partial charge is 0.491 e. The molecule has 0 aliphatic carbocycles. The van der Waals surface area contributed by atoms with Gasteiger partial charge in [-0.3, -0.25) is 0 Å². The highest BCUT2D eigenvalue weighted by Gasteiger charge is 2.25. The van der Waals surface area contributed by atoms with Crippen LogP contribution >= 0.6 is 0 Å². The second-order valence-electron chi connectivity index (χ2n) is 5.58. The van der Waals surface area contributed by atoms with Gasteiger partial charge in [-0.1, -0.05) is 26.0 Å². The van der Waals surface area contributed by atoms with Crippen LogP contribution in [-0.2, 0) is 5.54 Å². The Labute approximate surface area is 105 Å². The van der Waals surface area contributed by atoms with E-state index in [-0.39, 0.29) is 11.6 Å². The fourth-order valence-electron chi connectivity index (χ4n) is 1.70. The molecule has 0 saturated heterocycles. The van der Waals surface area contributed by atoms with Crippen LogP contribution in [0.4, 0.5) is 0 Å². The number of hydrogen-bond acceptors (Lipinski definition) is 2. The molecule has 0 aromatic heterocycles. The van der Waals surface area contributed by atoms with Crippen molar-refractivity contribution >= 4 is 0 Å². The van der Waals surface area contributed by atoms with E-state index < -0.39 is 0 Å². The highest BCUT2D eigenvalue weighted by Crippen LogP contribution is 2.30. The van der Waals surface area contributed by atoms with Gasteiger partial charge in [0.25, 0.3) is 0 Å². The van der Waals surface area contributed by atoms with Gasteiger partial charge < -0.3 is 10.5 Å². The first-order valence-electron chi connectivity index (χ1n) is 6.31. The van der Waals surface area contributed by atoms with Crippen LogP contribution < -0.4 is 10.5 Å². The molecular weight excluding hydrogens is 210 g/mol. The Balaban J connectivity index is 3.04. The molecule has 0 radical (unpaired) electrons. The van der Waals surface area contributed by atoms with E-state index in [0.29, 0.717) is 5.92 Å².